The van der Waals surface area contributed by atoms with Crippen molar-refractivity contribution in [3.8, 4) is 0 Å². The van der Waals surface area contributed by atoms with Gasteiger partial charge in [0.05, 0.1) is 24.5 Å². The number of halogens is 3. The van der Waals surface area contributed by atoms with Gasteiger partial charge in [0.15, 0.2) is 5.69 Å². The lowest BCUT2D eigenvalue weighted by molar-refractivity contribution is -0.141. The monoisotopic (exact) mass is 371 g/mol. The lowest BCUT2D eigenvalue weighted by atomic mass is 10.2. The summed E-state index contributed by atoms with van der Waals surface area (Å²) >= 11 is 0. The molecule has 0 aliphatic heterocycles. The topological polar surface area (TPSA) is 81.1 Å². The van der Waals surface area contributed by atoms with Crippen molar-refractivity contribution in [3.05, 3.63) is 47.5 Å². The molecule has 142 valence electrons. The number of pyridine rings is 1. The molecule has 0 atom stereocenters. The largest absolute Gasteiger partial charge is 0.444 e. The van der Waals surface area contributed by atoms with Gasteiger partial charge in [-0.2, -0.15) is 18.0 Å². The van der Waals surface area contributed by atoms with Crippen molar-refractivity contribution in [3.63, 3.8) is 0 Å². The Morgan fingerprint density at radius 3 is 2.54 bits per heavy atom. The number of ether oxygens (including phenoxy) is 1. The quantitative estimate of drug-likeness (QED) is 0.844. The minimum atomic E-state index is -4.60. The van der Waals surface area contributed by atoms with Crippen LogP contribution in [0.5, 0.6) is 0 Å². The Morgan fingerprint density at radius 2 is 1.96 bits per heavy atom. The zero-order valence-electron chi connectivity index (χ0n) is 14.6. The molecule has 7 nitrogen and oxygen atoms in total. The summed E-state index contributed by atoms with van der Waals surface area (Å²) < 4.78 is 43.9. The maximum Gasteiger partial charge on any atom is 0.435 e. The molecule has 0 saturated heterocycles. The molecule has 26 heavy (non-hydrogen) atoms. The summed E-state index contributed by atoms with van der Waals surface area (Å²) in [5.41, 5.74) is 1.72. The predicted octanol–water partition coefficient (Wildman–Crippen LogP) is 3.07. The fourth-order valence-corrected chi connectivity index (χ4v) is 1.96. The van der Waals surface area contributed by atoms with Crippen LogP contribution in [-0.4, -0.2) is 26.6 Å². The zero-order chi connectivity index (χ0) is 19.4. The summed E-state index contributed by atoms with van der Waals surface area (Å²) in [6.45, 7) is 5.04. The van der Waals surface area contributed by atoms with Crippen LogP contribution in [0.2, 0.25) is 0 Å². The summed E-state index contributed by atoms with van der Waals surface area (Å²) in [6, 6.07) is 6.08. The molecular weight excluding hydrogens is 351 g/mol. The van der Waals surface area contributed by atoms with Gasteiger partial charge in [0.2, 0.25) is 0 Å². The molecule has 0 unspecified atom stereocenters. The first-order valence-electron chi connectivity index (χ1n) is 7.81. The number of alkyl halides is 3. The summed E-state index contributed by atoms with van der Waals surface area (Å²) in [7, 11) is 0. The zero-order valence-corrected chi connectivity index (χ0v) is 14.6. The first-order valence-corrected chi connectivity index (χ1v) is 7.81. The molecule has 0 fully saturated rings. The molecule has 0 radical (unpaired) electrons. The lowest BCUT2D eigenvalue weighted by Gasteiger charge is -2.19. The Labute approximate surface area is 148 Å². The van der Waals surface area contributed by atoms with Crippen molar-refractivity contribution in [2.45, 2.75) is 45.6 Å². The standard InChI is InChI=1S/C16H20F3N5O2/c1-15(2,3)26-14(25)21-10-12-8-13(16(17,18)19)23-24(12)22-9-11-6-4-5-7-20-11/h4-8,22H,9-10H2,1-3H3,(H,21,25). The second-order valence-electron chi connectivity index (χ2n) is 6.44. The molecule has 10 heteroatoms. The van der Waals surface area contributed by atoms with Gasteiger partial charge in [-0.1, -0.05) is 6.07 Å². The fraction of sp³-hybridized carbons (Fsp3) is 0.438. The highest BCUT2D eigenvalue weighted by Crippen LogP contribution is 2.28. The van der Waals surface area contributed by atoms with Gasteiger partial charge in [0.1, 0.15) is 5.60 Å². The van der Waals surface area contributed by atoms with Crippen molar-refractivity contribution < 1.29 is 22.7 Å². The average molecular weight is 371 g/mol. The lowest BCUT2D eigenvalue weighted by Crippen LogP contribution is -2.33. The van der Waals surface area contributed by atoms with Crippen molar-refractivity contribution in [1.82, 2.24) is 20.2 Å². The molecule has 0 bridgehead atoms. The Morgan fingerprint density at radius 1 is 1.23 bits per heavy atom. The molecule has 1 amide bonds. The minimum Gasteiger partial charge on any atom is -0.444 e. The molecular formula is C16H20F3N5O2. The van der Waals surface area contributed by atoms with Crippen molar-refractivity contribution in [2.75, 3.05) is 5.43 Å². The number of hydrogen-bond donors (Lipinski definition) is 2. The van der Waals surface area contributed by atoms with Crippen LogP contribution in [0.25, 0.3) is 0 Å². The Balaban J connectivity index is 2.10. The number of nitrogens with one attached hydrogen (secondary N) is 2. The highest BCUT2D eigenvalue weighted by Gasteiger charge is 2.35. The average Bonchev–Trinajstić information content (AvgIpc) is 2.94. The van der Waals surface area contributed by atoms with E-state index in [1.165, 1.54) is 0 Å². The van der Waals surface area contributed by atoms with E-state index in [0.717, 1.165) is 10.9 Å². The molecule has 0 aliphatic carbocycles. The summed E-state index contributed by atoms with van der Waals surface area (Å²) in [4.78, 5) is 16.8. The van der Waals surface area contributed by atoms with E-state index in [1.54, 1.807) is 45.2 Å². The number of aromatic nitrogens is 3. The van der Waals surface area contributed by atoms with Gasteiger partial charge in [-0.25, -0.2) is 4.79 Å². The number of rotatable bonds is 5. The minimum absolute atomic E-state index is 0.124. The van der Waals surface area contributed by atoms with E-state index in [9.17, 15) is 18.0 Å². The van der Waals surface area contributed by atoms with Crippen LogP contribution in [-0.2, 0) is 24.0 Å². The second kappa shape index (κ2) is 7.63. The summed E-state index contributed by atoms with van der Waals surface area (Å²) in [6.07, 6.45) is -3.76. The van der Waals surface area contributed by atoms with Crippen LogP contribution in [0.4, 0.5) is 18.0 Å². The number of hydrogen-bond acceptors (Lipinski definition) is 5. The molecule has 2 N–H and O–H groups in total. The highest BCUT2D eigenvalue weighted by molar-refractivity contribution is 5.67. The van der Waals surface area contributed by atoms with Gasteiger partial charge in [-0.15, -0.1) is 5.10 Å². The molecule has 2 aromatic heterocycles. The third kappa shape index (κ3) is 5.94. The van der Waals surface area contributed by atoms with Crippen LogP contribution >= 0.6 is 0 Å². The van der Waals surface area contributed by atoms with Crippen molar-refractivity contribution in [1.29, 1.82) is 0 Å². The highest BCUT2D eigenvalue weighted by atomic mass is 19.4. The molecule has 0 aromatic carbocycles. The predicted molar refractivity (Wildman–Crippen MR) is 87.6 cm³/mol. The maximum absolute atomic E-state index is 12.9. The summed E-state index contributed by atoms with van der Waals surface area (Å²) in [5.74, 6) is 0. The van der Waals surface area contributed by atoms with E-state index >= 15 is 0 Å². The fourth-order valence-electron chi connectivity index (χ4n) is 1.96. The first kappa shape index (κ1) is 19.5. The smallest absolute Gasteiger partial charge is 0.435 e. The van der Waals surface area contributed by atoms with Crippen LogP contribution in [0.3, 0.4) is 0 Å². The SMILES string of the molecule is CC(C)(C)OC(=O)NCc1cc(C(F)(F)F)nn1NCc1ccccn1. The molecule has 2 rings (SSSR count). The Kier molecular flexibility index (Phi) is 5.73. The van der Waals surface area contributed by atoms with E-state index in [-0.39, 0.29) is 18.8 Å². The Bertz CT molecular complexity index is 739. The van der Waals surface area contributed by atoms with Gasteiger partial charge < -0.3 is 15.5 Å². The molecule has 2 heterocycles. The third-order valence-electron chi connectivity index (χ3n) is 3.02. The number of amides is 1. The van der Waals surface area contributed by atoms with Crippen LogP contribution in [0.15, 0.2) is 30.5 Å². The van der Waals surface area contributed by atoms with Gasteiger partial charge in [0.25, 0.3) is 0 Å². The number of carbonyl (C=O) groups is 1. The molecule has 0 aliphatic rings. The Hall–Kier alpha value is -2.78. The van der Waals surface area contributed by atoms with Crippen LogP contribution in [0, 0.1) is 0 Å². The van der Waals surface area contributed by atoms with Gasteiger partial charge in [0, 0.05) is 6.20 Å². The van der Waals surface area contributed by atoms with Crippen molar-refractivity contribution >= 4 is 6.09 Å². The molecule has 0 saturated carbocycles. The normalized spacial score (nSPS) is 11.9. The molecule has 2 aromatic rings. The van der Waals surface area contributed by atoms with Gasteiger partial charge >= 0.3 is 12.3 Å². The van der Waals surface area contributed by atoms with Crippen molar-refractivity contribution in [2.24, 2.45) is 0 Å². The van der Waals surface area contributed by atoms with E-state index < -0.39 is 23.6 Å². The van der Waals surface area contributed by atoms with E-state index in [1.807, 2.05) is 0 Å². The first-order chi connectivity index (χ1) is 12.0. The van der Waals surface area contributed by atoms with Gasteiger partial charge in [-0.3, -0.25) is 4.98 Å². The number of nitrogens with zero attached hydrogens (tertiary/aromatic N) is 3. The van der Waals surface area contributed by atoms with Crippen LogP contribution in [0.1, 0.15) is 37.9 Å². The summed E-state index contributed by atoms with van der Waals surface area (Å²) in [5, 5.41) is 5.92. The van der Waals surface area contributed by atoms with E-state index in [0.29, 0.717) is 5.69 Å². The van der Waals surface area contributed by atoms with Gasteiger partial charge in [-0.05, 0) is 39.0 Å². The molecule has 0 spiro atoms. The maximum atomic E-state index is 12.9. The van der Waals surface area contributed by atoms with E-state index in [4.69, 9.17) is 4.74 Å². The third-order valence-corrected chi connectivity index (χ3v) is 3.02. The number of alkyl carbamates (subject to hydrolysis) is 1. The second-order valence-corrected chi connectivity index (χ2v) is 6.44. The van der Waals surface area contributed by atoms with Crippen LogP contribution < -0.4 is 10.7 Å². The number of carbonyl (C=O) groups excluding carboxylic acids is 1. The van der Waals surface area contributed by atoms with E-state index in [2.05, 4.69) is 20.8 Å².